The maximum Gasteiger partial charge on any atom is 0.152 e. The highest BCUT2D eigenvalue weighted by molar-refractivity contribution is 5.83. The minimum atomic E-state index is -0.241. The summed E-state index contributed by atoms with van der Waals surface area (Å²) in [5, 5.41) is 0.819. The van der Waals surface area contributed by atoms with Crippen molar-refractivity contribution in [3.8, 4) is 11.5 Å². The summed E-state index contributed by atoms with van der Waals surface area (Å²) in [6.45, 7) is 4.18. The highest BCUT2D eigenvalue weighted by Gasteiger charge is 2.14. The SMILES string of the molecule is CC(C)c1cc2cc(F)ccc2nc1-c1ccco1. The summed E-state index contributed by atoms with van der Waals surface area (Å²) in [6, 6.07) is 10.4. The summed E-state index contributed by atoms with van der Waals surface area (Å²) in [6.07, 6.45) is 1.63. The van der Waals surface area contributed by atoms with E-state index in [-0.39, 0.29) is 5.82 Å². The molecule has 19 heavy (non-hydrogen) atoms. The molecule has 2 heterocycles. The predicted molar refractivity (Wildman–Crippen MR) is 73.5 cm³/mol. The maximum absolute atomic E-state index is 13.3. The van der Waals surface area contributed by atoms with Crippen molar-refractivity contribution < 1.29 is 8.81 Å². The summed E-state index contributed by atoms with van der Waals surface area (Å²) in [5.41, 5.74) is 2.67. The Morgan fingerprint density at radius 3 is 2.68 bits per heavy atom. The third kappa shape index (κ3) is 2.12. The van der Waals surface area contributed by atoms with Crippen LogP contribution in [0.15, 0.2) is 47.1 Å². The number of fused-ring (bicyclic) bond motifs is 1. The average Bonchev–Trinajstić information content (AvgIpc) is 2.90. The lowest BCUT2D eigenvalue weighted by Gasteiger charge is -2.12. The minimum absolute atomic E-state index is 0.241. The minimum Gasteiger partial charge on any atom is -0.463 e. The second kappa shape index (κ2) is 4.50. The van der Waals surface area contributed by atoms with E-state index in [1.807, 2.05) is 18.2 Å². The molecule has 0 atom stereocenters. The van der Waals surface area contributed by atoms with Gasteiger partial charge in [-0.1, -0.05) is 13.8 Å². The van der Waals surface area contributed by atoms with E-state index in [0.717, 1.165) is 27.9 Å². The molecular weight excluding hydrogens is 241 g/mol. The number of furan rings is 1. The predicted octanol–water partition coefficient (Wildman–Crippen LogP) is 4.76. The third-order valence-electron chi connectivity index (χ3n) is 3.18. The average molecular weight is 255 g/mol. The topological polar surface area (TPSA) is 26.0 Å². The Balaban J connectivity index is 2.30. The molecule has 3 aromatic rings. The summed E-state index contributed by atoms with van der Waals surface area (Å²) >= 11 is 0. The Kier molecular flexibility index (Phi) is 2.82. The molecule has 0 bridgehead atoms. The molecule has 2 nitrogen and oxygen atoms in total. The fraction of sp³-hybridized carbons (Fsp3) is 0.188. The normalized spacial score (nSPS) is 11.4. The fourth-order valence-corrected chi connectivity index (χ4v) is 2.21. The molecule has 2 aromatic heterocycles. The Morgan fingerprint density at radius 1 is 1.16 bits per heavy atom. The van der Waals surface area contributed by atoms with E-state index in [0.29, 0.717) is 5.92 Å². The van der Waals surface area contributed by atoms with Crippen LogP contribution in [-0.4, -0.2) is 4.98 Å². The van der Waals surface area contributed by atoms with Gasteiger partial charge in [0, 0.05) is 5.39 Å². The zero-order chi connectivity index (χ0) is 13.4. The van der Waals surface area contributed by atoms with Gasteiger partial charge in [0.1, 0.15) is 11.5 Å². The van der Waals surface area contributed by atoms with E-state index < -0.39 is 0 Å². The van der Waals surface area contributed by atoms with E-state index in [2.05, 4.69) is 18.8 Å². The van der Waals surface area contributed by atoms with Gasteiger partial charge in [-0.2, -0.15) is 0 Å². The van der Waals surface area contributed by atoms with Crippen LogP contribution in [0.5, 0.6) is 0 Å². The van der Waals surface area contributed by atoms with Gasteiger partial charge in [0.15, 0.2) is 5.76 Å². The molecule has 1 aromatic carbocycles. The molecule has 0 spiro atoms. The number of hydrogen-bond acceptors (Lipinski definition) is 2. The molecule has 0 N–H and O–H groups in total. The molecule has 0 amide bonds. The van der Waals surface area contributed by atoms with Gasteiger partial charge < -0.3 is 4.42 Å². The van der Waals surface area contributed by atoms with Crippen molar-refractivity contribution in [2.75, 3.05) is 0 Å². The van der Waals surface area contributed by atoms with Crippen molar-refractivity contribution in [1.29, 1.82) is 0 Å². The van der Waals surface area contributed by atoms with Gasteiger partial charge in [0.2, 0.25) is 0 Å². The van der Waals surface area contributed by atoms with E-state index in [4.69, 9.17) is 4.42 Å². The first-order chi connectivity index (χ1) is 9.15. The Labute approximate surface area is 110 Å². The van der Waals surface area contributed by atoms with E-state index in [1.165, 1.54) is 12.1 Å². The first-order valence-electron chi connectivity index (χ1n) is 6.29. The van der Waals surface area contributed by atoms with Crippen LogP contribution in [-0.2, 0) is 0 Å². The Hall–Kier alpha value is -2.16. The van der Waals surface area contributed by atoms with Crippen LogP contribution in [0.4, 0.5) is 4.39 Å². The number of benzene rings is 1. The third-order valence-corrected chi connectivity index (χ3v) is 3.18. The number of aromatic nitrogens is 1. The van der Waals surface area contributed by atoms with Gasteiger partial charge in [-0.3, -0.25) is 0 Å². The molecule has 3 rings (SSSR count). The van der Waals surface area contributed by atoms with Crippen molar-refractivity contribution in [1.82, 2.24) is 4.98 Å². The van der Waals surface area contributed by atoms with Crippen LogP contribution in [0.3, 0.4) is 0 Å². The van der Waals surface area contributed by atoms with Crippen LogP contribution < -0.4 is 0 Å². The number of pyridine rings is 1. The number of nitrogens with zero attached hydrogens (tertiary/aromatic N) is 1. The smallest absolute Gasteiger partial charge is 0.152 e. The molecule has 0 aliphatic carbocycles. The quantitative estimate of drug-likeness (QED) is 0.660. The molecule has 0 saturated heterocycles. The molecule has 0 aliphatic rings. The van der Waals surface area contributed by atoms with Gasteiger partial charge in [-0.05, 0) is 47.9 Å². The van der Waals surface area contributed by atoms with E-state index >= 15 is 0 Å². The molecule has 0 fully saturated rings. The van der Waals surface area contributed by atoms with E-state index in [1.54, 1.807) is 12.3 Å². The van der Waals surface area contributed by atoms with Gasteiger partial charge in [-0.15, -0.1) is 0 Å². The highest BCUT2D eigenvalue weighted by Crippen LogP contribution is 2.31. The first kappa shape index (κ1) is 11.9. The first-order valence-corrected chi connectivity index (χ1v) is 6.29. The van der Waals surface area contributed by atoms with Crippen LogP contribution >= 0.6 is 0 Å². The van der Waals surface area contributed by atoms with Crippen molar-refractivity contribution >= 4 is 10.9 Å². The van der Waals surface area contributed by atoms with Crippen molar-refractivity contribution in [2.24, 2.45) is 0 Å². The van der Waals surface area contributed by atoms with E-state index in [9.17, 15) is 4.39 Å². The second-order valence-electron chi connectivity index (χ2n) is 4.90. The molecule has 96 valence electrons. The van der Waals surface area contributed by atoms with Gasteiger partial charge in [0.05, 0.1) is 11.8 Å². The Bertz CT molecular complexity index is 717. The largest absolute Gasteiger partial charge is 0.463 e. The maximum atomic E-state index is 13.3. The Morgan fingerprint density at radius 2 is 2.00 bits per heavy atom. The molecule has 3 heteroatoms. The number of halogens is 1. The summed E-state index contributed by atoms with van der Waals surface area (Å²) in [5.74, 6) is 0.796. The van der Waals surface area contributed by atoms with Crippen molar-refractivity contribution in [3.05, 3.63) is 54.0 Å². The standard InChI is InChI=1S/C16H14FNO/c1-10(2)13-9-11-8-12(17)5-6-14(11)18-16(13)15-4-3-7-19-15/h3-10H,1-2H3. The van der Waals surface area contributed by atoms with Crippen molar-refractivity contribution in [2.45, 2.75) is 19.8 Å². The lowest BCUT2D eigenvalue weighted by molar-refractivity contribution is 0.578. The molecule has 0 aliphatic heterocycles. The van der Waals surface area contributed by atoms with Crippen LogP contribution in [0.25, 0.3) is 22.4 Å². The van der Waals surface area contributed by atoms with Crippen LogP contribution in [0.1, 0.15) is 25.3 Å². The van der Waals surface area contributed by atoms with Crippen LogP contribution in [0, 0.1) is 5.82 Å². The fourth-order valence-electron chi connectivity index (χ4n) is 2.21. The van der Waals surface area contributed by atoms with Gasteiger partial charge in [0.25, 0.3) is 0 Å². The second-order valence-corrected chi connectivity index (χ2v) is 4.90. The van der Waals surface area contributed by atoms with Crippen LogP contribution in [0.2, 0.25) is 0 Å². The van der Waals surface area contributed by atoms with Crippen molar-refractivity contribution in [3.63, 3.8) is 0 Å². The zero-order valence-corrected chi connectivity index (χ0v) is 10.9. The summed E-state index contributed by atoms with van der Waals surface area (Å²) in [7, 11) is 0. The number of rotatable bonds is 2. The van der Waals surface area contributed by atoms with Gasteiger partial charge in [-0.25, -0.2) is 9.37 Å². The molecule has 0 radical (unpaired) electrons. The summed E-state index contributed by atoms with van der Waals surface area (Å²) < 4.78 is 18.7. The lowest BCUT2D eigenvalue weighted by atomic mass is 9.98. The monoisotopic (exact) mass is 255 g/mol. The van der Waals surface area contributed by atoms with Gasteiger partial charge >= 0.3 is 0 Å². The highest BCUT2D eigenvalue weighted by atomic mass is 19.1. The molecular formula is C16H14FNO. The molecule has 0 saturated carbocycles. The number of hydrogen-bond donors (Lipinski definition) is 0. The zero-order valence-electron chi connectivity index (χ0n) is 10.9. The molecule has 0 unspecified atom stereocenters. The summed E-state index contributed by atoms with van der Waals surface area (Å²) in [4.78, 5) is 4.62. The lowest BCUT2D eigenvalue weighted by Crippen LogP contribution is -1.96.